The molecule has 0 radical (unpaired) electrons. The summed E-state index contributed by atoms with van der Waals surface area (Å²) >= 11 is 0. The molecule has 5 heteroatoms. The third-order valence-corrected chi connectivity index (χ3v) is 2.71. The molecule has 1 unspecified atom stereocenters. The summed E-state index contributed by atoms with van der Waals surface area (Å²) in [4.78, 5) is 11.7. The van der Waals surface area contributed by atoms with Crippen molar-refractivity contribution in [1.29, 1.82) is 0 Å². The molecule has 0 spiro atoms. The Morgan fingerprint density at radius 3 is 2.75 bits per heavy atom. The highest BCUT2D eigenvalue weighted by Gasteiger charge is 2.09. The van der Waals surface area contributed by atoms with Crippen LogP contribution in [0.15, 0.2) is 47.3 Å². The van der Waals surface area contributed by atoms with Crippen molar-refractivity contribution in [3.8, 4) is 5.75 Å². The first-order valence-corrected chi connectivity index (χ1v) is 6.32. The van der Waals surface area contributed by atoms with Crippen LogP contribution in [-0.4, -0.2) is 18.6 Å². The van der Waals surface area contributed by atoms with Crippen LogP contribution in [0.4, 0.5) is 4.39 Å². The largest absolute Gasteiger partial charge is 0.484 e. The lowest BCUT2D eigenvalue weighted by atomic mass is 10.1. The minimum atomic E-state index is -0.337. The Bertz CT molecular complexity index is 537. The standard InChI is InChI=1S/C15H16FNO3/c1-11(8-12-6-7-19-9-12)17-15(18)10-20-14-4-2-13(16)3-5-14/h2-7,9,11H,8,10H2,1H3,(H,17,18). The van der Waals surface area contributed by atoms with Gasteiger partial charge in [-0.05, 0) is 49.2 Å². The van der Waals surface area contributed by atoms with Crippen LogP contribution in [0.25, 0.3) is 0 Å². The number of ether oxygens (including phenoxy) is 1. The van der Waals surface area contributed by atoms with E-state index in [1.165, 1.54) is 24.3 Å². The highest BCUT2D eigenvalue weighted by Crippen LogP contribution is 2.10. The van der Waals surface area contributed by atoms with E-state index in [2.05, 4.69) is 5.32 Å². The molecule has 0 saturated carbocycles. The van der Waals surface area contributed by atoms with Crippen molar-refractivity contribution in [2.45, 2.75) is 19.4 Å². The molecular formula is C15H16FNO3. The van der Waals surface area contributed by atoms with Crippen LogP contribution in [0.5, 0.6) is 5.75 Å². The Balaban J connectivity index is 1.73. The molecule has 0 aliphatic heterocycles. The first-order chi connectivity index (χ1) is 9.63. The van der Waals surface area contributed by atoms with Gasteiger partial charge in [-0.25, -0.2) is 4.39 Å². The highest BCUT2D eigenvalue weighted by molar-refractivity contribution is 5.77. The van der Waals surface area contributed by atoms with Crippen molar-refractivity contribution in [3.05, 3.63) is 54.2 Å². The van der Waals surface area contributed by atoms with Crippen LogP contribution >= 0.6 is 0 Å². The number of hydrogen-bond acceptors (Lipinski definition) is 3. The van der Waals surface area contributed by atoms with Crippen molar-refractivity contribution >= 4 is 5.91 Å². The lowest BCUT2D eigenvalue weighted by Gasteiger charge is -2.13. The van der Waals surface area contributed by atoms with E-state index < -0.39 is 0 Å². The Kier molecular flexibility index (Phi) is 4.76. The summed E-state index contributed by atoms with van der Waals surface area (Å²) in [5.41, 5.74) is 1.03. The second-order valence-corrected chi connectivity index (χ2v) is 4.55. The van der Waals surface area contributed by atoms with E-state index in [4.69, 9.17) is 9.15 Å². The van der Waals surface area contributed by atoms with E-state index in [1.54, 1.807) is 12.5 Å². The Hall–Kier alpha value is -2.30. The number of hydrogen-bond donors (Lipinski definition) is 1. The molecule has 0 aliphatic rings. The average Bonchev–Trinajstić information content (AvgIpc) is 2.90. The van der Waals surface area contributed by atoms with Crippen LogP contribution in [-0.2, 0) is 11.2 Å². The number of nitrogens with one attached hydrogen (secondary N) is 1. The first kappa shape index (κ1) is 14.1. The van der Waals surface area contributed by atoms with Gasteiger partial charge >= 0.3 is 0 Å². The van der Waals surface area contributed by atoms with Crippen molar-refractivity contribution < 1.29 is 18.3 Å². The molecule has 2 rings (SSSR count). The number of benzene rings is 1. The molecule has 1 aromatic heterocycles. The monoisotopic (exact) mass is 277 g/mol. The fourth-order valence-electron chi connectivity index (χ4n) is 1.81. The van der Waals surface area contributed by atoms with Gasteiger partial charge in [0.25, 0.3) is 5.91 Å². The number of halogens is 1. The summed E-state index contributed by atoms with van der Waals surface area (Å²) in [7, 11) is 0. The van der Waals surface area contributed by atoms with E-state index >= 15 is 0 Å². The van der Waals surface area contributed by atoms with Gasteiger partial charge in [0.05, 0.1) is 12.5 Å². The lowest BCUT2D eigenvalue weighted by molar-refractivity contribution is -0.123. The number of carbonyl (C=O) groups excluding carboxylic acids is 1. The van der Waals surface area contributed by atoms with Crippen LogP contribution < -0.4 is 10.1 Å². The first-order valence-electron chi connectivity index (χ1n) is 6.32. The zero-order valence-electron chi connectivity index (χ0n) is 11.1. The Morgan fingerprint density at radius 2 is 2.10 bits per heavy atom. The predicted molar refractivity (Wildman–Crippen MR) is 71.9 cm³/mol. The summed E-state index contributed by atoms with van der Waals surface area (Å²) in [5.74, 6) is -0.0927. The maximum absolute atomic E-state index is 12.7. The molecule has 1 atom stereocenters. The zero-order valence-corrected chi connectivity index (χ0v) is 11.1. The van der Waals surface area contributed by atoms with E-state index in [-0.39, 0.29) is 24.4 Å². The predicted octanol–water partition coefficient (Wildman–Crippen LogP) is 2.54. The van der Waals surface area contributed by atoms with Gasteiger partial charge in [0, 0.05) is 6.04 Å². The van der Waals surface area contributed by atoms with Gasteiger partial charge < -0.3 is 14.5 Å². The molecule has 106 valence electrons. The van der Waals surface area contributed by atoms with Gasteiger partial charge in [0.1, 0.15) is 11.6 Å². The van der Waals surface area contributed by atoms with Gasteiger partial charge in [0.2, 0.25) is 0 Å². The maximum Gasteiger partial charge on any atom is 0.258 e. The number of carbonyl (C=O) groups is 1. The molecule has 4 nitrogen and oxygen atoms in total. The lowest BCUT2D eigenvalue weighted by Crippen LogP contribution is -2.37. The third kappa shape index (κ3) is 4.42. The molecule has 20 heavy (non-hydrogen) atoms. The van der Waals surface area contributed by atoms with Gasteiger partial charge in [-0.15, -0.1) is 0 Å². The average molecular weight is 277 g/mol. The Morgan fingerprint density at radius 1 is 1.35 bits per heavy atom. The molecule has 0 fully saturated rings. The fraction of sp³-hybridized carbons (Fsp3) is 0.267. The van der Waals surface area contributed by atoms with E-state index in [0.717, 1.165) is 5.56 Å². The van der Waals surface area contributed by atoms with Crippen molar-refractivity contribution in [3.63, 3.8) is 0 Å². The third-order valence-electron chi connectivity index (χ3n) is 2.71. The maximum atomic E-state index is 12.7. The minimum absolute atomic E-state index is 0.0167. The SMILES string of the molecule is CC(Cc1ccoc1)NC(=O)COc1ccc(F)cc1. The fourth-order valence-corrected chi connectivity index (χ4v) is 1.81. The van der Waals surface area contributed by atoms with Crippen LogP contribution in [0, 0.1) is 5.82 Å². The van der Waals surface area contributed by atoms with Crippen molar-refractivity contribution in [1.82, 2.24) is 5.32 Å². The molecule has 0 aliphatic carbocycles. The smallest absolute Gasteiger partial charge is 0.258 e. The molecule has 1 N–H and O–H groups in total. The number of furan rings is 1. The molecule has 1 amide bonds. The summed E-state index contributed by atoms with van der Waals surface area (Å²) < 4.78 is 22.9. The van der Waals surface area contributed by atoms with Gasteiger partial charge in [-0.3, -0.25) is 4.79 Å². The normalized spacial score (nSPS) is 11.9. The molecular weight excluding hydrogens is 261 g/mol. The van der Waals surface area contributed by atoms with Crippen molar-refractivity contribution in [2.75, 3.05) is 6.61 Å². The molecule has 2 aromatic rings. The summed E-state index contributed by atoms with van der Waals surface area (Å²) in [5, 5.41) is 2.82. The van der Waals surface area contributed by atoms with E-state index in [0.29, 0.717) is 12.2 Å². The zero-order chi connectivity index (χ0) is 14.4. The second-order valence-electron chi connectivity index (χ2n) is 4.55. The molecule has 1 heterocycles. The molecule has 0 saturated heterocycles. The van der Waals surface area contributed by atoms with E-state index in [9.17, 15) is 9.18 Å². The van der Waals surface area contributed by atoms with Crippen LogP contribution in [0.3, 0.4) is 0 Å². The second kappa shape index (κ2) is 6.75. The summed E-state index contributed by atoms with van der Waals surface area (Å²) in [6.07, 6.45) is 3.94. The van der Waals surface area contributed by atoms with Crippen LogP contribution in [0.1, 0.15) is 12.5 Å². The highest BCUT2D eigenvalue weighted by atomic mass is 19.1. The van der Waals surface area contributed by atoms with Crippen LogP contribution in [0.2, 0.25) is 0 Å². The van der Waals surface area contributed by atoms with Gasteiger partial charge in [-0.1, -0.05) is 0 Å². The summed E-state index contributed by atoms with van der Waals surface area (Å²) in [6, 6.07) is 7.38. The molecule has 0 bridgehead atoms. The van der Waals surface area contributed by atoms with Gasteiger partial charge in [-0.2, -0.15) is 0 Å². The Labute approximate surface area is 116 Å². The molecule has 1 aromatic carbocycles. The van der Waals surface area contributed by atoms with E-state index in [1.807, 2.05) is 13.0 Å². The van der Waals surface area contributed by atoms with Crippen molar-refractivity contribution in [2.24, 2.45) is 0 Å². The van der Waals surface area contributed by atoms with Gasteiger partial charge in [0.15, 0.2) is 6.61 Å². The number of amides is 1. The minimum Gasteiger partial charge on any atom is -0.484 e. The topological polar surface area (TPSA) is 51.5 Å². The summed E-state index contributed by atoms with van der Waals surface area (Å²) in [6.45, 7) is 1.81. The quantitative estimate of drug-likeness (QED) is 0.882. The number of rotatable bonds is 6.